The van der Waals surface area contributed by atoms with Gasteiger partial charge in [-0.05, 0) is 51.7 Å². The van der Waals surface area contributed by atoms with Crippen LogP contribution < -0.4 is 5.73 Å². The molecular weight excluding hydrogens is 238 g/mol. The normalized spacial score (nSPS) is 29.6. The number of aromatic nitrogens is 1. The third kappa shape index (κ3) is 2.14. The molecule has 2 aliphatic heterocycles. The third-order valence-electron chi connectivity index (χ3n) is 4.46. The standard InChI is InChI=1S/C15H21N3O/c1-9-3-6-14(10(2)17-9)15(19)18-12-4-5-13(18)8-11(16)7-12/h3,6,11-13H,4-5,7-8,16H2,1-2H3. The summed E-state index contributed by atoms with van der Waals surface area (Å²) in [4.78, 5) is 19.2. The molecule has 102 valence electrons. The summed E-state index contributed by atoms with van der Waals surface area (Å²) in [6, 6.07) is 4.76. The van der Waals surface area contributed by atoms with Crippen molar-refractivity contribution in [2.45, 2.75) is 57.7 Å². The molecule has 0 aromatic carbocycles. The predicted octanol–water partition coefficient (Wildman–Crippen LogP) is 1.79. The monoisotopic (exact) mass is 259 g/mol. The quantitative estimate of drug-likeness (QED) is 0.836. The van der Waals surface area contributed by atoms with Crippen molar-refractivity contribution in [2.24, 2.45) is 5.73 Å². The second kappa shape index (κ2) is 4.60. The molecule has 2 unspecified atom stereocenters. The molecule has 1 aromatic heterocycles. The molecular formula is C15H21N3O. The fourth-order valence-electron chi connectivity index (χ4n) is 3.60. The van der Waals surface area contributed by atoms with E-state index in [1.54, 1.807) is 0 Å². The van der Waals surface area contributed by atoms with Crippen molar-refractivity contribution < 1.29 is 4.79 Å². The number of rotatable bonds is 1. The molecule has 2 N–H and O–H groups in total. The Hall–Kier alpha value is -1.42. The Balaban J connectivity index is 1.88. The van der Waals surface area contributed by atoms with Crippen molar-refractivity contribution in [1.29, 1.82) is 0 Å². The summed E-state index contributed by atoms with van der Waals surface area (Å²) < 4.78 is 0. The summed E-state index contributed by atoms with van der Waals surface area (Å²) >= 11 is 0. The Morgan fingerprint density at radius 1 is 1.26 bits per heavy atom. The fraction of sp³-hybridized carbons (Fsp3) is 0.600. The number of hydrogen-bond donors (Lipinski definition) is 1. The van der Waals surface area contributed by atoms with Gasteiger partial charge in [-0.1, -0.05) is 0 Å². The SMILES string of the molecule is Cc1ccc(C(=O)N2C3CCC2CC(N)C3)c(C)n1. The summed E-state index contributed by atoms with van der Waals surface area (Å²) in [6.45, 7) is 3.86. The topological polar surface area (TPSA) is 59.2 Å². The summed E-state index contributed by atoms with van der Waals surface area (Å²) in [5, 5.41) is 0. The Morgan fingerprint density at radius 3 is 2.47 bits per heavy atom. The molecule has 1 amide bonds. The molecule has 3 heterocycles. The van der Waals surface area contributed by atoms with E-state index in [-0.39, 0.29) is 11.9 Å². The minimum Gasteiger partial charge on any atom is -0.333 e. The Morgan fingerprint density at radius 2 is 1.89 bits per heavy atom. The van der Waals surface area contributed by atoms with Crippen LogP contribution >= 0.6 is 0 Å². The molecule has 0 saturated carbocycles. The van der Waals surface area contributed by atoms with Gasteiger partial charge in [-0.3, -0.25) is 9.78 Å². The number of nitrogens with two attached hydrogens (primary N) is 1. The van der Waals surface area contributed by atoms with E-state index in [2.05, 4.69) is 9.88 Å². The molecule has 2 atom stereocenters. The summed E-state index contributed by atoms with van der Waals surface area (Å²) in [6.07, 6.45) is 4.09. The van der Waals surface area contributed by atoms with Gasteiger partial charge < -0.3 is 10.6 Å². The fourth-order valence-corrected chi connectivity index (χ4v) is 3.60. The number of amides is 1. The van der Waals surface area contributed by atoms with E-state index in [1.807, 2.05) is 26.0 Å². The van der Waals surface area contributed by atoms with E-state index in [9.17, 15) is 4.79 Å². The van der Waals surface area contributed by atoms with E-state index >= 15 is 0 Å². The van der Waals surface area contributed by atoms with Crippen molar-refractivity contribution in [3.63, 3.8) is 0 Å². The summed E-state index contributed by atoms with van der Waals surface area (Å²) in [5.74, 6) is 0.143. The van der Waals surface area contributed by atoms with Crippen molar-refractivity contribution in [1.82, 2.24) is 9.88 Å². The first-order valence-corrected chi connectivity index (χ1v) is 7.08. The van der Waals surface area contributed by atoms with Gasteiger partial charge >= 0.3 is 0 Å². The number of pyridine rings is 1. The molecule has 0 spiro atoms. The van der Waals surface area contributed by atoms with Gasteiger partial charge in [-0.2, -0.15) is 0 Å². The molecule has 4 nitrogen and oxygen atoms in total. The first kappa shape index (κ1) is 12.6. The number of hydrogen-bond acceptors (Lipinski definition) is 3. The van der Waals surface area contributed by atoms with E-state index in [0.717, 1.165) is 42.6 Å². The van der Waals surface area contributed by atoms with Gasteiger partial charge in [0.05, 0.1) is 11.3 Å². The lowest BCUT2D eigenvalue weighted by Gasteiger charge is -2.38. The van der Waals surface area contributed by atoms with Gasteiger partial charge in [0.2, 0.25) is 0 Å². The van der Waals surface area contributed by atoms with Gasteiger partial charge in [-0.25, -0.2) is 0 Å². The number of fused-ring (bicyclic) bond motifs is 2. The average molecular weight is 259 g/mol. The predicted molar refractivity (Wildman–Crippen MR) is 73.9 cm³/mol. The number of carbonyl (C=O) groups excluding carboxylic acids is 1. The van der Waals surface area contributed by atoms with Crippen LogP contribution in [-0.4, -0.2) is 33.9 Å². The van der Waals surface area contributed by atoms with Crippen molar-refractivity contribution >= 4 is 5.91 Å². The molecule has 1 aromatic rings. The second-order valence-electron chi connectivity index (χ2n) is 5.91. The highest BCUT2D eigenvalue weighted by atomic mass is 16.2. The largest absolute Gasteiger partial charge is 0.333 e. The third-order valence-corrected chi connectivity index (χ3v) is 4.46. The van der Waals surface area contributed by atoms with Crippen LogP contribution in [0.2, 0.25) is 0 Å². The zero-order valence-electron chi connectivity index (χ0n) is 11.6. The summed E-state index contributed by atoms with van der Waals surface area (Å²) in [5.41, 5.74) is 8.59. The van der Waals surface area contributed by atoms with Crippen LogP contribution in [0, 0.1) is 13.8 Å². The van der Waals surface area contributed by atoms with Gasteiger partial charge in [0.1, 0.15) is 0 Å². The maximum atomic E-state index is 12.7. The molecule has 4 heteroatoms. The lowest BCUT2D eigenvalue weighted by atomic mass is 9.97. The average Bonchev–Trinajstić information content (AvgIpc) is 2.61. The minimum absolute atomic E-state index is 0.143. The number of aryl methyl sites for hydroxylation is 2. The van der Waals surface area contributed by atoms with E-state index in [0.29, 0.717) is 12.1 Å². The Bertz CT molecular complexity index is 500. The van der Waals surface area contributed by atoms with Crippen molar-refractivity contribution in [3.8, 4) is 0 Å². The summed E-state index contributed by atoms with van der Waals surface area (Å²) in [7, 11) is 0. The van der Waals surface area contributed by atoms with Crippen molar-refractivity contribution in [3.05, 3.63) is 29.1 Å². The van der Waals surface area contributed by atoms with E-state index in [1.165, 1.54) is 0 Å². The smallest absolute Gasteiger partial charge is 0.256 e. The van der Waals surface area contributed by atoms with Crippen LogP contribution in [0.15, 0.2) is 12.1 Å². The number of carbonyl (C=O) groups is 1. The molecule has 0 radical (unpaired) electrons. The molecule has 19 heavy (non-hydrogen) atoms. The van der Waals surface area contributed by atoms with Crippen LogP contribution in [0.4, 0.5) is 0 Å². The molecule has 2 fully saturated rings. The maximum Gasteiger partial charge on any atom is 0.256 e. The second-order valence-corrected chi connectivity index (χ2v) is 5.91. The van der Waals surface area contributed by atoms with Gasteiger partial charge in [0.15, 0.2) is 0 Å². The molecule has 0 aliphatic carbocycles. The molecule has 2 bridgehead atoms. The lowest BCUT2D eigenvalue weighted by molar-refractivity contribution is 0.0574. The first-order valence-electron chi connectivity index (χ1n) is 7.08. The van der Waals surface area contributed by atoms with Gasteiger partial charge in [-0.15, -0.1) is 0 Å². The molecule has 3 rings (SSSR count). The zero-order valence-corrected chi connectivity index (χ0v) is 11.6. The zero-order chi connectivity index (χ0) is 13.6. The first-order chi connectivity index (χ1) is 9.06. The molecule has 2 saturated heterocycles. The highest BCUT2D eigenvalue weighted by Gasteiger charge is 2.42. The van der Waals surface area contributed by atoms with Crippen LogP contribution in [0.3, 0.4) is 0 Å². The van der Waals surface area contributed by atoms with Crippen molar-refractivity contribution in [2.75, 3.05) is 0 Å². The van der Waals surface area contributed by atoms with Gasteiger partial charge in [0.25, 0.3) is 5.91 Å². The Kier molecular flexibility index (Phi) is 3.05. The van der Waals surface area contributed by atoms with E-state index < -0.39 is 0 Å². The maximum absolute atomic E-state index is 12.7. The highest BCUT2D eigenvalue weighted by molar-refractivity contribution is 5.96. The number of nitrogens with zero attached hydrogens (tertiary/aromatic N) is 2. The Labute approximate surface area is 114 Å². The van der Waals surface area contributed by atoms with Crippen LogP contribution in [-0.2, 0) is 0 Å². The van der Waals surface area contributed by atoms with Crippen LogP contribution in [0.25, 0.3) is 0 Å². The van der Waals surface area contributed by atoms with Crippen LogP contribution in [0.5, 0.6) is 0 Å². The molecule has 2 aliphatic rings. The van der Waals surface area contributed by atoms with Gasteiger partial charge in [0, 0.05) is 23.8 Å². The van der Waals surface area contributed by atoms with E-state index in [4.69, 9.17) is 5.73 Å². The van der Waals surface area contributed by atoms with Crippen LogP contribution in [0.1, 0.15) is 47.4 Å². The number of piperidine rings is 1. The minimum atomic E-state index is 0.143. The lowest BCUT2D eigenvalue weighted by Crippen LogP contribution is -2.50. The highest BCUT2D eigenvalue weighted by Crippen LogP contribution is 2.36.